The fourth-order valence-electron chi connectivity index (χ4n) is 3.85. The monoisotopic (exact) mass is 435 g/mol. The van der Waals surface area contributed by atoms with E-state index in [1.54, 1.807) is 36.4 Å². The largest absolute Gasteiger partial charge is 0.508 e. The zero-order chi connectivity index (χ0) is 21.5. The predicted molar refractivity (Wildman–Crippen MR) is 113 cm³/mol. The first-order chi connectivity index (χ1) is 15.0. The molecule has 7 nitrogen and oxygen atoms in total. The molecule has 2 aliphatic heterocycles. The molecule has 0 bridgehead atoms. The van der Waals surface area contributed by atoms with E-state index in [4.69, 9.17) is 9.47 Å². The molecule has 1 unspecified atom stereocenters. The molecule has 0 aliphatic carbocycles. The molecule has 2 N–H and O–H groups in total. The molecule has 31 heavy (non-hydrogen) atoms. The van der Waals surface area contributed by atoms with Gasteiger partial charge in [-0.25, -0.2) is 0 Å². The molecule has 1 saturated heterocycles. The molecule has 0 saturated carbocycles. The number of benzene rings is 2. The summed E-state index contributed by atoms with van der Waals surface area (Å²) in [5, 5.41) is 23.5. The fourth-order valence-corrected chi connectivity index (χ4v) is 4.56. The molecule has 2 aliphatic rings. The maximum absolute atomic E-state index is 13.0. The number of thiophene rings is 1. The topological polar surface area (TPSA) is 96.3 Å². The van der Waals surface area contributed by atoms with Gasteiger partial charge in [0.25, 0.3) is 11.7 Å². The zero-order valence-corrected chi connectivity index (χ0v) is 17.0. The molecule has 1 fully saturated rings. The number of hydrogen-bond acceptors (Lipinski definition) is 7. The number of carbonyl (C=O) groups is 2. The summed E-state index contributed by atoms with van der Waals surface area (Å²) in [5.74, 6) is -0.965. The van der Waals surface area contributed by atoms with Crippen molar-refractivity contribution in [2.45, 2.75) is 12.6 Å². The maximum atomic E-state index is 13.0. The molecule has 3 heterocycles. The first-order valence-corrected chi connectivity index (χ1v) is 10.4. The molecule has 1 amide bonds. The van der Waals surface area contributed by atoms with Crippen molar-refractivity contribution in [2.75, 3.05) is 6.79 Å². The standard InChI is InChI=1S/C23H17NO6S/c25-16-6-2-1-5-15(16)20-19(21(26)13-7-8-17-18(10-13)30-12-29-17)22(27)23(28)24(20)11-14-4-3-9-31-14/h1-10,20,25-26H,11-12H2/b21-19+. The van der Waals surface area contributed by atoms with Gasteiger partial charge in [-0.2, -0.15) is 0 Å². The summed E-state index contributed by atoms with van der Waals surface area (Å²) in [6, 6.07) is 14.1. The molecule has 0 spiro atoms. The van der Waals surface area contributed by atoms with E-state index >= 15 is 0 Å². The van der Waals surface area contributed by atoms with Crippen LogP contribution in [0.25, 0.3) is 5.76 Å². The number of Topliss-reactive ketones (excluding diaryl/α,β-unsaturated/α-hetero) is 1. The quantitative estimate of drug-likeness (QED) is 0.368. The highest BCUT2D eigenvalue weighted by atomic mass is 32.1. The van der Waals surface area contributed by atoms with Crippen molar-refractivity contribution in [3.05, 3.63) is 81.6 Å². The number of aliphatic hydroxyl groups excluding tert-OH is 1. The summed E-state index contributed by atoms with van der Waals surface area (Å²) in [7, 11) is 0. The number of phenolic OH excluding ortho intramolecular Hbond substituents is 1. The average molecular weight is 435 g/mol. The third-order valence-electron chi connectivity index (χ3n) is 5.32. The number of amides is 1. The van der Waals surface area contributed by atoms with E-state index in [-0.39, 0.29) is 30.4 Å². The summed E-state index contributed by atoms with van der Waals surface area (Å²) in [6.07, 6.45) is 0. The van der Waals surface area contributed by atoms with Gasteiger partial charge >= 0.3 is 0 Å². The smallest absolute Gasteiger partial charge is 0.295 e. The van der Waals surface area contributed by atoms with E-state index in [0.717, 1.165) is 4.88 Å². The SMILES string of the molecule is O=C1C(=O)N(Cc2cccs2)C(c2ccccc2O)/C1=C(\O)c1ccc2c(c1)OCO2. The molecular weight excluding hydrogens is 418 g/mol. The minimum absolute atomic E-state index is 0.0674. The summed E-state index contributed by atoms with van der Waals surface area (Å²) in [6.45, 7) is 0.252. The highest BCUT2D eigenvalue weighted by molar-refractivity contribution is 7.09. The van der Waals surface area contributed by atoms with Crippen molar-refractivity contribution in [3.63, 3.8) is 0 Å². The normalized spacial score (nSPS) is 19.2. The second-order valence-electron chi connectivity index (χ2n) is 7.13. The van der Waals surface area contributed by atoms with Gasteiger partial charge in [-0.1, -0.05) is 24.3 Å². The summed E-state index contributed by atoms with van der Waals surface area (Å²) in [4.78, 5) is 28.3. The Bertz CT molecular complexity index is 1220. The van der Waals surface area contributed by atoms with Crippen molar-refractivity contribution in [1.29, 1.82) is 0 Å². The van der Waals surface area contributed by atoms with Crippen molar-refractivity contribution in [2.24, 2.45) is 0 Å². The van der Waals surface area contributed by atoms with E-state index in [0.29, 0.717) is 22.6 Å². The van der Waals surface area contributed by atoms with Crippen molar-refractivity contribution in [1.82, 2.24) is 4.90 Å². The van der Waals surface area contributed by atoms with Crippen LogP contribution in [0.2, 0.25) is 0 Å². The minimum Gasteiger partial charge on any atom is -0.508 e. The molecular formula is C23H17NO6S. The molecule has 1 atom stereocenters. The van der Waals surface area contributed by atoms with Gasteiger partial charge in [-0.3, -0.25) is 9.59 Å². The van der Waals surface area contributed by atoms with Crippen LogP contribution >= 0.6 is 11.3 Å². The molecule has 1 aromatic heterocycles. The maximum Gasteiger partial charge on any atom is 0.295 e. The lowest BCUT2D eigenvalue weighted by atomic mass is 9.94. The number of fused-ring (bicyclic) bond motifs is 1. The van der Waals surface area contributed by atoms with E-state index in [1.807, 2.05) is 17.5 Å². The van der Waals surface area contributed by atoms with Gasteiger partial charge < -0.3 is 24.6 Å². The Balaban J connectivity index is 1.66. The van der Waals surface area contributed by atoms with Crippen LogP contribution in [-0.4, -0.2) is 33.6 Å². The van der Waals surface area contributed by atoms with E-state index in [9.17, 15) is 19.8 Å². The lowest BCUT2D eigenvalue weighted by molar-refractivity contribution is -0.140. The molecule has 8 heteroatoms. The van der Waals surface area contributed by atoms with Gasteiger partial charge in [0, 0.05) is 16.0 Å². The first-order valence-electron chi connectivity index (χ1n) is 9.53. The number of para-hydroxylation sites is 1. The van der Waals surface area contributed by atoms with Gasteiger partial charge in [0.2, 0.25) is 6.79 Å². The Kier molecular flexibility index (Phi) is 4.63. The van der Waals surface area contributed by atoms with Crippen molar-refractivity contribution < 1.29 is 29.3 Å². The third kappa shape index (κ3) is 3.21. The van der Waals surface area contributed by atoms with Crippen LogP contribution in [0.4, 0.5) is 0 Å². The molecule has 3 aromatic rings. The number of phenols is 1. The van der Waals surface area contributed by atoms with Crippen LogP contribution in [0.5, 0.6) is 17.2 Å². The van der Waals surface area contributed by atoms with E-state index in [2.05, 4.69) is 0 Å². The van der Waals surface area contributed by atoms with Gasteiger partial charge in [-0.15, -0.1) is 11.3 Å². The number of aliphatic hydroxyl groups is 1. The van der Waals surface area contributed by atoms with Crippen LogP contribution in [0.1, 0.15) is 22.0 Å². The number of ether oxygens (including phenoxy) is 2. The molecule has 5 rings (SSSR count). The number of carbonyl (C=O) groups excluding carboxylic acids is 2. The summed E-state index contributed by atoms with van der Waals surface area (Å²) in [5.41, 5.74) is 0.598. The minimum atomic E-state index is -0.936. The number of likely N-dealkylation sites (tertiary alicyclic amines) is 1. The molecule has 156 valence electrons. The first kappa shape index (κ1) is 19.2. The number of hydrogen-bond donors (Lipinski definition) is 2. The second-order valence-corrected chi connectivity index (χ2v) is 8.17. The van der Waals surface area contributed by atoms with Crippen LogP contribution < -0.4 is 9.47 Å². The van der Waals surface area contributed by atoms with Crippen LogP contribution in [-0.2, 0) is 16.1 Å². The Hall–Kier alpha value is -3.78. The number of rotatable bonds is 4. The number of nitrogens with zero attached hydrogens (tertiary/aromatic N) is 1. The van der Waals surface area contributed by atoms with Crippen LogP contribution in [0.3, 0.4) is 0 Å². The van der Waals surface area contributed by atoms with Crippen molar-refractivity contribution in [3.8, 4) is 17.2 Å². The average Bonchev–Trinajstić information content (AvgIpc) is 3.50. The number of aromatic hydroxyl groups is 1. The lowest BCUT2D eigenvalue weighted by Gasteiger charge is -2.25. The van der Waals surface area contributed by atoms with Crippen LogP contribution in [0.15, 0.2) is 65.6 Å². The highest BCUT2D eigenvalue weighted by Crippen LogP contribution is 2.44. The van der Waals surface area contributed by atoms with Crippen molar-refractivity contribution >= 4 is 28.8 Å². The molecule has 0 radical (unpaired) electrons. The van der Waals surface area contributed by atoms with Gasteiger partial charge in [0.05, 0.1) is 18.2 Å². The highest BCUT2D eigenvalue weighted by Gasteiger charge is 2.47. The molecule has 2 aromatic carbocycles. The Morgan fingerprint density at radius 2 is 1.87 bits per heavy atom. The summed E-state index contributed by atoms with van der Waals surface area (Å²) >= 11 is 1.46. The lowest BCUT2D eigenvalue weighted by Crippen LogP contribution is -2.28. The van der Waals surface area contributed by atoms with E-state index < -0.39 is 17.7 Å². The fraction of sp³-hybridized carbons (Fsp3) is 0.130. The second kappa shape index (κ2) is 7.48. The van der Waals surface area contributed by atoms with Crippen LogP contribution in [0, 0.1) is 0 Å². The Morgan fingerprint density at radius 1 is 1.06 bits per heavy atom. The zero-order valence-electron chi connectivity index (χ0n) is 16.1. The number of ketones is 1. The predicted octanol–water partition coefficient (Wildman–Crippen LogP) is 3.80. The van der Waals surface area contributed by atoms with Gasteiger partial charge in [0.15, 0.2) is 11.5 Å². The van der Waals surface area contributed by atoms with Gasteiger partial charge in [-0.05, 0) is 35.7 Å². The Labute approximate surface area is 181 Å². The summed E-state index contributed by atoms with van der Waals surface area (Å²) < 4.78 is 10.7. The van der Waals surface area contributed by atoms with Gasteiger partial charge in [0.1, 0.15) is 11.5 Å². The van der Waals surface area contributed by atoms with E-state index in [1.165, 1.54) is 22.3 Å². The third-order valence-corrected chi connectivity index (χ3v) is 6.18. The Morgan fingerprint density at radius 3 is 2.65 bits per heavy atom.